The smallest absolute Gasteiger partial charge is 0.0564 e. The standard InChI is InChI=1S/C16H24N2/c1-3-8-15(9-4-1)16(10-7-11-17-16)14-18-12-5-2-6-13-18/h1,3-4,8-9,17H,2,5-7,10-14H2/t16-/m0/s1. The molecule has 18 heavy (non-hydrogen) atoms. The second-order valence-electron chi connectivity index (χ2n) is 5.82. The van der Waals surface area contributed by atoms with Crippen LogP contribution >= 0.6 is 0 Å². The van der Waals surface area contributed by atoms with E-state index in [9.17, 15) is 0 Å². The van der Waals surface area contributed by atoms with Gasteiger partial charge >= 0.3 is 0 Å². The SMILES string of the molecule is c1ccc([C@@]2(CN3CCCCC3)CCCN2)cc1. The van der Waals surface area contributed by atoms with E-state index in [1.807, 2.05) is 0 Å². The average molecular weight is 244 g/mol. The van der Waals surface area contributed by atoms with Gasteiger partial charge in [-0.1, -0.05) is 36.8 Å². The lowest BCUT2D eigenvalue weighted by Gasteiger charge is -2.38. The molecule has 2 heterocycles. The van der Waals surface area contributed by atoms with Crippen molar-refractivity contribution in [3.63, 3.8) is 0 Å². The van der Waals surface area contributed by atoms with Crippen molar-refractivity contribution in [3.05, 3.63) is 35.9 Å². The highest BCUT2D eigenvalue weighted by molar-refractivity contribution is 5.26. The fourth-order valence-electron chi connectivity index (χ4n) is 3.54. The van der Waals surface area contributed by atoms with Crippen molar-refractivity contribution in [2.75, 3.05) is 26.2 Å². The van der Waals surface area contributed by atoms with Crippen molar-refractivity contribution in [1.82, 2.24) is 10.2 Å². The second kappa shape index (κ2) is 5.41. The van der Waals surface area contributed by atoms with Gasteiger partial charge < -0.3 is 10.2 Å². The van der Waals surface area contributed by atoms with Crippen molar-refractivity contribution in [3.8, 4) is 0 Å². The lowest BCUT2D eigenvalue weighted by molar-refractivity contribution is 0.165. The van der Waals surface area contributed by atoms with Crippen molar-refractivity contribution in [2.24, 2.45) is 0 Å². The van der Waals surface area contributed by atoms with E-state index in [4.69, 9.17) is 0 Å². The second-order valence-corrected chi connectivity index (χ2v) is 5.82. The van der Waals surface area contributed by atoms with Crippen LogP contribution in [0, 0.1) is 0 Å². The predicted molar refractivity (Wildman–Crippen MR) is 75.6 cm³/mol. The molecule has 2 saturated heterocycles. The summed E-state index contributed by atoms with van der Waals surface area (Å²) in [6.45, 7) is 4.94. The molecule has 2 nitrogen and oxygen atoms in total. The highest BCUT2D eigenvalue weighted by atomic mass is 15.2. The monoisotopic (exact) mass is 244 g/mol. The van der Waals surface area contributed by atoms with Gasteiger partial charge in [0.05, 0.1) is 5.54 Å². The van der Waals surface area contributed by atoms with E-state index in [1.165, 1.54) is 63.8 Å². The minimum absolute atomic E-state index is 0.221. The van der Waals surface area contributed by atoms with Gasteiger partial charge in [-0.3, -0.25) is 0 Å². The van der Waals surface area contributed by atoms with Crippen LogP contribution in [-0.2, 0) is 5.54 Å². The molecule has 0 bridgehead atoms. The molecule has 0 radical (unpaired) electrons. The minimum Gasteiger partial charge on any atom is -0.306 e. The maximum absolute atomic E-state index is 3.79. The highest BCUT2D eigenvalue weighted by Crippen LogP contribution is 2.32. The lowest BCUT2D eigenvalue weighted by Crippen LogP contribution is -2.48. The molecule has 0 spiro atoms. The summed E-state index contributed by atoms with van der Waals surface area (Å²) in [7, 11) is 0. The molecule has 0 amide bonds. The minimum atomic E-state index is 0.221. The summed E-state index contributed by atoms with van der Waals surface area (Å²) >= 11 is 0. The summed E-state index contributed by atoms with van der Waals surface area (Å²) in [6, 6.07) is 11.1. The Kier molecular flexibility index (Phi) is 3.67. The predicted octanol–water partition coefficient (Wildman–Crippen LogP) is 2.75. The number of hydrogen-bond donors (Lipinski definition) is 1. The van der Waals surface area contributed by atoms with E-state index in [1.54, 1.807) is 0 Å². The molecule has 0 unspecified atom stereocenters. The average Bonchev–Trinajstić information content (AvgIpc) is 2.91. The van der Waals surface area contributed by atoms with Crippen LogP contribution < -0.4 is 5.32 Å². The van der Waals surface area contributed by atoms with Gasteiger partial charge in [-0.2, -0.15) is 0 Å². The van der Waals surface area contributed by atoms with Gasteiger partial charge in [0.1, 0.15) is 0 Å². The third-order valence-electron chi connectivity index (χ3n) is 4.51. The van der Waals surface area contributed by atoms with E-state index in [0.717, 1.165) is 0 Å². The summed E-state index contributed by atoms with van der Waals surface area (Å²) in [5, 5.41) is 3.79. The summed E-state index contributed by atoms with van der Waals surface area (Å²) in [4.78, 5) is 2.66. The Morgan fingerprint density at radius 3 is 2.44 bits per heavy atom. The molecular weight excluding hydrogens is 220 g/mol. The molecule has 1 aromatic carbocycles. The molecular formula is C16H24N2. The third-order valence-corrected chi connectivity index (χ3v) is 4.51. The number of benzene rings is 1. The van der Waals surface area contributed by atoms with E-state index in [0.29, 0.717) is 0 Å². The first kappa shape index (κ1) is 12.2. The van der Waals surface area contributed by atoms with Gasteiger partial charge in [-0.15, -0.1) is 0 Å². The molecule has 0 aliphatic carbocycles. The van der Waals surface area contributed by atoms with Gasteiger partial charge in [-0.05, 0) is 50.9 Å². The zero-order chi connectivity index (χ0) is 12.3. The Morgan fingerprint density at radius 2 is 1.78 bits per heavy atom. The summed E-state index contributed by atoms with van der Waals surface area (Å²) in [5.41, 5.74) is 1.70. The molecule has 2 aliphatic rings. The number of nitrogens with zero attached hydrogens (tertiary/aromatic N) is 1. The van der Waals surface area contributed by atoms with Gasteiger partial charge in [0.2, 0.25) is 0 Å². The maximum atomic E-state index is 3.79. The quantitative estimate of drug-likeness (QED) is 0.879. The highest BCUT2D eigenvalue weighted by Gasteiger charge is 2.36. The van der Waals surface area contributed by atoms with Crippen molar-refractivity contribution >= 4 is 0 Å². The first-order valence-corrected chi connectivity index (χ1v) is 7.42. The largest absolute Gasteiger partial charge is 0.306 e. The number of piperidine rings is 1. The van der Waals surface area contributed by atoms with Gasteiger partial charge in [-0.25, -0.2) is 0 Å². The molecule has 2 aliphatic heterocycles. The van der Waals surface area contributed by atoms with Gasteiger partial charge in [0.25, 0.3) is 0 Å². The number of likely N-dealkylation sites (tertiary alicyclic amines) is 1. The Morgan fingerprint density at radius 1 is 1.00 bits per heavy atom. The van der Waals surface area contributed by atoms with Crippen molar-refractivity contribution in [1.29, 1.82) is 0 Å². The molecule has 2 heteroatoms. The van der Waals surface area contributed by atoms with Crippen LogP contribution in [-0.4, -0.2) is 31.1 Å². The van der Waals surface area contributed by atoms with Crippen molar-refractivity contribution in [2.45, 2.75) is 37.6 Å². The summed E-state index contributed by atoms with van der Waals surface area (Å²) in [5.74, 6) is 0. The molecule has 0 saturated carbocycles. The maximum Gasteiger partial charge on any atom is 0.0564 e. The topological polar surface area (TPSA) is 15.3 Å². The number of hydrogen-bond acceptors (Lipinski definition) is 2. The molecule has 2 fully saturated rings. The fraction of sp³-hybridized carbons (Fsp3) is 0.625. The summed E-state index contributed by atoms with van der Waals surface area (Å²) < 4.78 is 0. The Labute approximate surface area is 110 Å². The Hall–Kier alpha value is -0.860. The van der Waals surface area contributed by atoms with Crippen LogP contribution in [0.4, 0.5) is 0 Å². The summed E-state index contributed by atoms with van der Waals surface area (Å²) in [6.07, 6.45) is 6.77. The van der Waals surface area contributed by atoms with Crippen molar-refractivity contribution < 1.29 is 0 Å². The van der Waals surface area contributed by atoms with Crippen LogP contribution in [0.3, 0.4) is 0 Å². The first-order valence-electron chi connectivity index (χ1n) is 7.42. The molecule has 0 aromatic heterocycles. The van der Waals surface area contributed by atoms with E-state index < -0.39 is 0 Å². The van der Waals surface area contributed by atoms with Crippen LogP contribution in [0.25, 0.3) is 0 Å². The first-order chi connectivity index (χ1) is 8.89. The van der Waals surface area contributed by atoms with Crippen LogP contribution in [0.5, 0.6) is 0 Å². The number of nitrogens with one attached hydrogen (secondary N) is 1. The van der Waals surface area contributed by atoms with Crippen LogP contribution in [0.15, 0.2) is 30.3 Å². The number of rotatable bonds is 3. The molecule has 1 atom stereocenters. The Balaban J connectivity index is 1.78. The van der Waals surface area contributed by atoms with Gasteiger partial charge in [0.15, 0.2) is 0 Å². The van der Waals surface area contributed by atoms with E-state index >= 15 is 0 Å². The van der Waals surface area contributed by atoms with Gasteiger partial charge in [0, 0.05) is 6.54 Å². The molecule has 3 rings (SSSR count). The normalized spacial score (nSPS) is 29.6. The molecule has 1 N–H and O–H groups in total. The Bertz CT molecular complexity index is 362. The third kappa shape index (κ3) is 2.45. The molecule has 1 aromatic rings. The van der Waals surface area contributed by atoms with E-state index in [-0.39, 0.29) is 5.54 Å². The zero-order valence-corrected chi connectivity index (χ0v) is 11.2. The lowest BCUT2D eigenvalue weighted by atomic mass is 9.87. The molecule has 98 valence electrons. The zero-order valence-electron chi connectivity index (χ0n) is 11.2. The van der Waals surface area contributed by atoms with Crippen LogP contribution in [0.2, 0.25) is 0 Å². The fourth-order valence-corrected chi connectivity index (χ4v) is 3.54. The van der Waals surface area contributed by atoms with E-state index in [2.05, 4.69) is 40.5 Å². The van der Waals surface area contributed by atoms with Crippen LogP contribution in [0.1, 0.15) is 37.7 Å².